The molecule has 0 fully saturated rings. The monoisotopic (exact) mass is 240 g/mol. The van der Waals surface area contributed by atoms with Crippen LogP contribution in [0, 0.1) is 12.8 Å². The number of hydrogen-bond acceptors (Lipinski definition) is 2. The van der Waals surface area contributed by atoms with E-state index in [9.17, 15) is 4.79 Å². The summed E-state index contributed by atoms with van der Waals surface area (Å²) in [7, 11) is 0. The quantitative estimate of drug-likeness (QED) is 0.768. The van der Waals surface area contributed by atoms with Gasteiger partial charge in [-0.3, -0.25) is 4.79 Å². The average Bonchev–Trinajstić information content (AvgIpc) is 2.73. The molecule has 1 aliphatic carbocycles. The van der Waals surface area contributed by atoms with E-state index in [4.69, 9.17) is 0 Å². The maximum Gasteiger partial charge on any atom is 0.166 e. The van der Waals surface area contributed by atoms with Crippen LogP contribution in [0.1, 0.15) is 35.0 Å². The lowest BCUT2D eigenvalue weighted by molar-refractivity contribution is 0.0952. The summed E-state index contributed by atoms with van der Waals surface area (Å²) < 4.78 is 1.93. The fraction of sp³-hybridized carbons (Fsp3) is 0.333. The second-order valence-electron chi connectivity index (χ2n) is 5.14. The molecule has 3 heteroatoms. The zero-order valence-electron chi connectivity index (χ0n) is 10.7. The lowest BCUT2D eigenvalue weighted by Crippen LogP contribution is -2.19. The highest BCUT2D eigenvalue weighted by Crippen LogP contribution is 2.27. The SMILES string of the molecule is Cc1ccccc1-n1ncc2c1C[C@@H](C)CC2=O. The Hall–Kier alpha value is -1.90. The van der Waals surface area contributed by atoms with Gasteiger partial charge in [0, 0.05) is 6.42 Å². The summed E-state index contributed by atoms with van der Waals surface area (Å²) in [5.41, 5.74) is 4.11. The molecule has 0 unspecified atom stereocenters. The van der Waals surface area contributed by atoms with E-state index >= 15 is 0 Å². The zero-order chi connectivity index (χ0) is 12.7. The summed E-state index contributed by atoms with van der Waals surface area (Å²) in [5.74, 6) is 0.632. The topological polar surface area (TPSA) is 34.9 Å². The highest BCUT2D eigenvalue weighted by Gasteiger charge is 2.26. The number of rotatable bonds is 1. The molecule has 0 bridgehead atoms. The normalized spacial score (nSPS) is 18.8. The standard InChI is InChI=1S/C15H16N2O/c1-10-7-14-12(15(18)8-10)9-16-17(14)13-6-4-3-5-11(13)2/h3-6,9-10H,7-8H2,1-2H3/t10-/m1/s1. The first-order valence-electron chi connectivity index (χ1n) is 6.33. The Morgan fingerprint density at radius 3 is 2.83 bits per heavy atom. The summed E-state index contributed by atoms with van der Waals surface area (Å²) >= 11 is 0. The van der Waals surface area contributed by atoms with Crippen LogP contribution in [0.25, 0.3) is 5.69 Å². The Labute approximate surface area is 106 Å². The molecule has 92 valence electrons. The van der Waals surface area contributed by atoms with E-state index in [-0.39, 0.29) is 5.78 Å². The van der Waals surface area contributed by atoms with Gasteiger partial charge in [-0.05, 0) is 30.9 Å². The van der Waals surface area contributed by atoms with Crippen LogP contribution in [0.5, 0.6) is 0 Å². The van der Waals surface area contributed by atoms with Gasteiger partial charge in [0.2, 0.25) is 0 Å². The van der Waals surface area contributed by atoms with E-state index in [1.54, 1.807) is 6.20 Å². The van der Waals surface area contributed by atoms with Crippen molar-refractivity contribution >= 4 is 5.78 Å². The average molecular weight is 240 g/mol. The first kappa shape index (κ1) is 11.2. The zero-order valence-corrected chi connectivity index (χ0v) is 10.7. The van der Waals surface area contributed by atoms with Crippen molar-refractivity contribution in [1.29, 1.82) is 0 Å². The number of carbonyl (C=O) groups excluding carboxylic acids is 1. The second-order valence-corrected chi connectivity index (χ2v) is 5.14. The number of fused-ring (bicyclic) bond motifs is 1. The van der Waals surface area contributed by atoms with Crippen LogP contribution in [-0.2, 0) is 6.42 Å². The molecular formula is C15H16N2O. The van der Waals surface area contributed by atoms with Crippen LogP contribution in [-0.4, -0.2) is 15.6 Å². The molecule has 1 aliphatic rings. The van der Waals surface area contributed by atoms with Crippen molar-refractivity contribution in [3.63, 3.8) is 0 Å². The maximum absolute atomic E-state index is 12.0. The summed E-state index contributed by atoms with van der Waals surface area (Å²) in [4.78, 5) is 12.0. The third-order valence-electron chi connectivity index (χ3n) is 3.59. The molecular weight excluding hydrogens is 224 g/mol. The number of aryl methyl sites for hydroxylation is 1. The minimum absolute atomic E-state index is 0.226. The van der Waals surface area contributed by atoms with Gasteiger partial charge in [-0.1, -0.05) is 25.1 Å². The Balaban J connectivity index is 2.16. The third kappa shape index (κ3) is 1.67. The molecule has 0 spiro atoms. The summed E-state index contributed by atoms with van der Waals surface area (Å²) in [6.07, 6.45) is 3.29. The number of nitrogens with zero attached hydrogens (tertiary/aromatic N) is 2. The van der Waals surface area contributed by atoms with E-state index in [0.29, 0.717) is 12.3 Å². The van der Waals surface area contributed by atoms with Gasteiger partial charge in [0.25, 0.3) is 0 Å². The molecule has 1 atom stereocenters. The molecule has 0 radical (unpaired) electrons. The number of ketones is 1. The van der Waals surface area contributed by atoms with Crippen molar-refractivity contribution in [2.75, 3.05) is 0 Å². The largest absolute Gasteiger partial charge is 0.294 e. The van der Waals surface area contributed by atoms with E-state index in [2.05, 4.69) is 25.0 Å². The van der Waals surface area contributed by atoms with Crippen LogP contribution in [0.4, 0.5) is 0 Å². The van der Waals surface area contributed by atoms with Crippen LogP contribution >= 0.6 is 0 Å². The van der Waals surface area contributed by atoms with Crippen LogP contribution < -0.4 is 0 Å². The van der Waals surface area contributed by atoms with Gasteiger partial charge in [-0.15, -0.1) is 0 Å². The van der Waals surface area contributed by atoms with Crippen molar-refractivity contribution in [3.8, 4) is 5.69 Å². The first-order chi connectivity index (χ1) is 8.66. The molecule has 0 saturated heterocycles. The number of benzene rings is 1. The van der Waals surface area contributed by atoms with E-state index in [1.807, 2.05) is 22.9 Å². The number of para-hydroxylation sites is 1. The minimum atomic E-state index is 0.226. The predicted octanol–water partition coefficient (Wildman–Crippen LogP) is 2.95. The van der Waals surface area contributed by atoms with Crippen LogP contribution in [0.15, 0.2) is 30.5 Å². The summed E-state index contributed by atoms with van der Waals surface area (Å²) in [6.45, 7) is 4.19. The lowest BCUT2D eigenvalue weighted by atomic mass is 9.88. The Kier molecular flexibility index (Phi) is 2.54. The number of carbonyl (C=O) groups is 1. The van der Waals surface area contributed by atoms with Gasteiger partial charge < -0.3 is 0 Å². The smallest absolute Gasteiger partial charge is 0.166 e. The number of aromatic nitrogens is 2. The number of Topliss-reactive ketones (excluding diaryl/α,β-unsaturated/α-hetero) is 1. The summed E-state index contributed by atoms with van der Waals surface area (Å²) in [5, 5.41) is 4.41. The van der Waals surface area contributed by atoms with Gasteiger partial charge in [0.05, 0.1) is 23.1 Å². The van der Waals surface area contributed by atoms with E-state index in [1.165, 1.54) is 5.56 Å². The minimum Gasteiger partial charge on any atom is -0.294 e. The molecule has 0 N–H and O–H groups in total. The van der Waals surface area contributed by atoms with E-state index < -0.39 is 0 Å². The van der Waals surface area contributed by atoms with Crippen molar-refractivity contribution in [2.24, 2.45) is 5.92 Å². The van der Waals surface area contributed by atoms with Crippen molar-refractivity contribution in [3.05, 3.63) is 47.3 Å². The molecule has 1 heterocycles. The molecule has 0 aliphatic heterocycles. The molecule has 3 nitrogen and oxygen atoms in total. The predicted molar refractivity (Wildman–Crippen MR) is 70.1 cm³/mol. The molecule has 18 heavy (non-hydrogen) atoms. The Morgan fingerprint density at radius 1 is 1.28 bits per heavy atom. The van der Waals surface area contributed by atoms with Gasteiger partial charge in [-0.25, -0.2) is 4.68 Å². The highest BCUT2D eigenvalue weighted by atomic mass is 16.1. The fourth-order valence-electron chi connectivity index (χ4n) is 2.64. The van der Waals surface area contributed by atoms with Crippen molar-refractivity contribution in [2.45, 2.75) is 26.7 Å². The van der Waals surface area contributed by atoms with E-state index in [0.717, 1.165) is 23.4 Å². The van der Waals surface area contributed by atoms with Crippen molar-refractivity contribution < 1.29 is 4.79 Å². The molecule has 3 rings (SSSR count). The fourth-order valence-corrected chi connectivity index (χ4v) is 2.64. The van der Waals surface area contributed by atoms with Crippen molar-refractivity contribution in [1.82, 2.24) is 9.78 Å². The maximum atomic E-state index is 12.0. The van der Waals surface area contributed by atoms with Crippen LogP contribution in [0.3, 0.4) is 0 Å². The summed E-state index contributed by atoms with van der Waals surface area (Å²) in [6, 6.07) is 8.14. The lowest BCUT2D eigenvalue weighted by Gasteiger charge is -2.19. The van der Waals surface area contributed by atoms with Gasteiger partial charge >= 0.3 is 0 Å². The molecule has 0 amide bonds. The molecule has 1 aromatic carbocycles. The Bertz CT molecular complexity index is 613. The third-order valence-corrected chi connectivity index (χ3v) is 3.59. The van der Waals surface area contributed by atoms with Crippen LogP contribution in [0.2, 0.25) is 0 Å². The second kappa shape index (κ2) is 4.09. The van der Waals surface area contributed by atoms with Gasteiger partial charge in [0.15, 0.2) is 5.78 Å². The van der Waals surface area contributed by atoms with Gasteiger partial charge in [0.1, 0.15) is 0 Å². The Morgan fingerprint density at radius 2 is 2.06 bits per heavy atom. The molecule has 1 aromatic heterocycles. The van der Waals surface area contributed by atoms with Gasteiger partial charge in [-0.2, -0.15) is 5.10 Å². The molecule has 2 aromatic rings. The first-order valence-corrected chi connectivity index (χ1v) is 6.33. The highest BCUT2D eigenvalue weighted by molar-refractivity contribution is 5.98. The number of hydrogen-bond donors (Lipinski definition) is 0. The molecule has 0 saturated carbocycles.